The van der Waals surface area contributed by atoms with Gasteiger partial charge in [0, 0.05) is 10.0 Å². The molecular formula is C18H15BrN2O2. The summed E-state index contributed by atoms with van der Waals surface area (Å²) in [5.41, 5.74) is 2.18. The van der Waals surface area contributed by atoms with E-state index in [0.717, 1.165) is 10.9 Å². The van der Waals surface area contributed by atoms with Crippen LogP contribution in [-0.4, -0.2) is 15.3 Å². The van der Waals surface area contributed by atoms with Crippen molar-refractivity contribution < 1.29 is 4.79 Å². The molecule has 3 aromatic rings. The molecule has 4 nitrogen and oxygen atoms in total. The SMILES string of the molecule is CCc1ccc(C(=O)Cn2cnc3ccc(Br)cc3c2=O)cc1. The lowest BCUT2D eigenvalue weighted by Gasteiger charge is -2.07. The molecule has 23 heavy (non-hydrogen) atoms. The van der Waals surface area contributed by atoms with Crippen molar-refractivity contribution in [1.82, 2.24) is 9.55 Å². The van der Waals surface area contributed by atoms with Gasteiger partial charge in [-0.25, -0.2) is 4.98 Å². The minimum absolute atomic E-state index is 0.0141. The third kappa shape index (κ3) is 3.24. The molecule has 2 aromatic carbocycles. The first-order valence-corrected chi connectivity index (χ1v) is 8.14. The first kappa shape index (κ1) is 15.6. The maximum atomic E-state index is 12.5. The Balaban J connectivity index is 1.92. The molecule has 0 atom stereocenters. The minimum Gasteiger partial charge on any atom is -0.292 e. The van der Waals surface area contributed by atoms with E-state index in [1.807, 2.05) is 18.2 Å². The molecule has 0 saturated heterocycles. The Kier molecular flexibility index (Phi) is 4.39. The van der Waals surface area contributed by atoms with E-state index in [-0.39, 0.29) is 17.9 Å². The number of rotatable bonds is 4. The van der Waals surface area contributed by atoms with Crippen molar-refractivity contribution in [2.24, 2.45) is 0 Å². The number of fused-ring (bicyclic) bond motifs is 1. The van der Waals surface area contributed by atoms with Gasteiger partial charge in [-0.05, 0) is 30.2 Å². The Morgan fingerprint density at radius 3 is 2.61 bits per heavy atom. The zero-order chi connectivity index (χ0) is 16.4. The number of aromatic nitrogens is 2. The van der Waals surface area contributed by atoms with Gasteiger partial charge in [0.2, 0.25) is 0 Å². The third-order valence-electron chi connectivity index (χ3n) is 3.78. The predicted molar refractivity (Wildman–Crippen MR) is 93.9 cm³/mol. The fraction of sp³-hybridized carbons (Fsp3) is 0.167. The normalized spacial score (nSPS) is 10.9. The molecule has 0 aliphatic rings. The highest BCUT2D eigenvalue weighted by atomic mass is 79.9. The van der Waals surface area contributed by atoms with E-state index >= 15 is 0 Å². The summed E-state index contributed by atoms with van der Waals surface area (Å²) in [5.74, 6) is -0.106. The number of nitrogens with zero attached hydrogens (tertiary/aromatic N) is 2. The topological polar surface area (TPSA) is 52.0 Å². The van der Waals surface area contributed by atoms with Gasteiger partial charge in [-0.3, -0.25) is 14.2 Å². The van der Waals surface area contributed by atoms with Crippen LogP contribution in [0.3, 0.4) is 0 Å². The smallest absolute Gasteiger partial charge is 0.261 e. The Hall–Kier alpha value is -2.27. The highest BCUT2D eigenvalue weighted by Gasteiger charge is 2.10. The molecule has 0 fully saturated rings. The molecule has 0 spiro atoms. The van der Waals surface area contributed by atoms with Gasteiger partial charge in [0.15, 0.2) is 5.78 Å². The maximum absolute atomic E-state index is 12.5. The molecule has 116 valence electrons. The average molecular weight is 371 g/mol. The van der Waals surface area contributed by atoms with Crippen LogP contribution in [0.5, 0.6) is 0 Å². The van der Waals surface area contributed by atoms with Gasteiger partial charge in [-0.1, -0.05) is 47.1 Å². The van der Waals surface area contributed by atoms with E-state index in [1.54, 1.807) is 24.3 Å². The molecule has 0 amide bonds. The van der Waals surface area contributed by atoms with Crippen molar-refractivity contribution in [1.29, 1.82) is 0 Å². The maximum Gasteiger partial charge on any atom is 0.261 e. The van der Waals surface area contributed by atoms with Crippen LogP contribution < -0.4 is 5.56 Å². The average Bonchev–Trinajstić information content (AvgIpc) is 2.58. The van der Waals surface area contributed by atoms with Gasteiger partial charge in [0.1, 0.15) is 0 Å². The van der Waals surface area contributed by atoms with Gasteiger partial charge in [0.25, 0.3) is 5.56 Å². The van der Waals surface area contributed by atoms with Crippen LogP contribution in [-0.2, 0) is 13.0 Å². The number of hydrogen-bond donors (Lipinski definition) is 0. The standard InChI is InChI=1S/C18H15BrN2O2/c1-2-12-3-5-13(6-4-12)17(22)10-21-11-20-16-8-7-14(19)9-15(16)18(21)23/h3-9,11H,2,10H2,1H3. The van der Waals surface area contributed by atoms with Gasteiger partial charge in [-0.15, -0.1) is 0 Å². The Labute approximate surface area is 141 Å². The van der Waals surface area contributed by atoms with Crippen LogP contribution in [0.1, 0.15) is 22.8 Å². The van der Waals surface area contributed by atoms with Crippen molar-refractivity contribution in [2.75, 3.05) is 0 Å². The summed E-state index contributed by atoms with van der Waals surface area (Å²) in [6, 6.07) is 12.8. The summed E-state index contributed by atoms with van der Waals surface area (Å²) in [5, 5.41) is 0.496. The summed E-state index contributed by atoms with van der Waals surface area (Å²) < 4.78 is 2.16. The number of aryl methyl sites for hydroxylation is 1. The van der Waals surface area contributed by atoms with Crippen LogP contribution in [0.15, 0.2) is 58.1 Å². The Morgan fingerprint density at radius 2 is 1.91 bits per heavy atom. The van der Waals surface area contributed by atoms with Crippen LogP contribution in [0.25, 0.3) is 10.9 Å². The summed E-state index contributed by atoms with van der Waals surface area (Å²) in [6.07, 6.45) is 2.36. The number of halogens is 1. The van der Waals surface area contributed by atoms with Crippen LogP contribution >= 0.6 is 15.9 Å². The van der Waals surface area contributed by atoms with E-state index in [0.29, 0.717) is 16.5 Å². The van der Waals surface area contributed by atoms with Gasteiger partial charge in [0.05, 0.1) is 23.8 Å². The molecule has 0 aliphatic heterocycles. The zero-order valence-electron chi connectivity index (χ0n) is 12.6. The minimum atomic E-state index is -0.213. The highest BCUT2D eigenvalue weighted by molar-refractivity contribution is 9.10. The molecule has 5 heteroatoms. The number of ketones is 1. The summed E-state index contributed by atoms with van der Waals surface area (Å²) in [4.78, 5) is 29.1. The van der Waals surface area contributed by atoms with Crippen molar-refractivity contribution in [2.45, 2.75) is 19.9 Å². The fourth-order valence-corrected chi connectivity index (χ4v) is 2.78. The Morgan fingerprint density at radius 1 is 1.17 bits per heavy atom. The van der Waals surface area contributed by atoms with E-state index < -0.39 is 0 Å². The second-order valence-corrected chi connectivity index (χ2v) is 6.23. The van der Waals surface area contributed by atoms with Crippen molar-refractivity contribution >= 4 is 32.6 Å². The summed E-state index contributed by atoms with van der Waals surface area (Å²) in [6.45, 7) is 2.05. The van der Waals surface area contributed by atoms with E-state index in [2.05, 4.69) is 27.8 Å². The lowest BCUT2D eigenvalue weighted by Crippen LogP contribution is -2.24. The van der Waals surface area contributed by atoms with Crippen molar-refractivity contribution in [3.05, 3.63) is 74.7 Å². The second kappa shape index (κ2) is 6.46. The first-order chi connectivity index (χ1) is 11.1. The van der Waals surface area contributed by atoms with E-state index in [1.165, 1.54) is 16.5 Å². The van der Waals surface area contributed by atoms with Crippen LogP contribution in [0, 0.1) is 0 Å². The third-order valence-corrected chi connectivity index (χ3v) is 4.28. The summed E-state index contributed by atoms with van der Waals surface area (Å²) >= 11 is 3.35. The molecule has 0 aliphatic carbocycles. The fourth-order valence-electron chi connectivity index (χ4n) is 2.42. The number of carbonyl (C=O) groups excluding carboxylic acids is 1. The van der Waals surface area contributed by atoms with Gasteiger partial charge < -0.3 is 0 Å². The number of Topliss-reactive ketones (excluding diaryl/α,β-unsaturated/α-hetero) is 1. The van der Waals surface area contributed by atoms with Gasteiger partial charge in [-0.2, -0.15) is 0 Å². The molecule has 1 heterocycles. The zero-order valence-corrected chi connectivity index (χ0v) is 14.2. The monoisotopic (exact) mass is 370 g/mol. The number of hydrogen-bond acceptors (Lipinski definition) is 3. The molecule has 0 saturated carbocycles. The molecule has 0 N–H and O–H groups in total. The lowest BCUT2D eigenvalue weighted by atomic mass is 10.1. The molecule has 0 radical (unpaired) electrons. The van der Waals surface area contributed by atoms with Crippen LogP contribution in [0.2, 0.25) is 0 Å². The largest absolute Gasteiger partial charge is 0.292 e. The summed E-state index contributed by atoms with van der Waals surface area (Å²) in [7, 11) is 0. The number of benzene rings is 2. The van der Waals surface area contributed by atoms with E-state index in [4.69, 9.17) is 0 Å². The molecule has 3 rings (SSSR count). The van der Waals surface area contributed by atoms with Crippen molar-refractivity contribution in [3.8, 4) is 0 Å². The molecule has 1 aromatic heterocycles. The van der Waals surface area contributed by atoms with Crippen LogP contribution in [0.4, 0.5) is 0 Å². The quantitative estimate of drug-likeness (QED) is 0.659. The van der Waals surface area contributed by atoms with Crippen molar-refractivity contribution in [3.63, 3.8) is 0 Å². The number of carbonyl (C=O) groups is 1. The van der Waals surface area contributed by atoms with Gasteiger partial charge >= 0.3 is 0 Å². The molecular weight excluding hydrogens is 356 g/mol. The second-order valence-electron chi connectivity index (χ2n) is 5.31. The predicted octanol–water partition coefficient (Wildman–Crippen LogP) is 3.60. The first-order valence-electron chi connectivity index (χ1n) is 7.35. The lowest BCUT2D eigenvalue weighted by molar-refractivity contribution is 0.0970. The molecule has 0 bridgehead atoms. The van der Waals surface area contributed by atoms with E-state index in [9.17, 15) is 9.59 Å². The Bertz CT molecular complexity index is 930. The molecule has 0 unspecified atom stereocenters. The highest BCUT2D eigenvalue weighted by Crippen LogP contribution is 2.15.